The largest absolute Gasteiger partial charge is 0.383 e. The van der Waals surface area contributed by atoms with Crippen LogP contribution < -0.4 is 10.5 Å². The average molecular weight is 352 g/mol. The molecule has 0 atom stereocenters. The van der Waals surface area contributed by atoms with Gasteiger partial charge < -0.3 is 15.0 Å². The fourth-order valence-electron chi connectivity index (χ4n) is 2.48. The fourth-order valence-corrected chi connectivity index (χ4v) is 3.54. The second-order valence-electron chi connectivity index (χ2n) is 5.85. The summed E-state index contributed by atoms with van der Waals surface area (Å²) in [4.78, 5) is 4.46. The van der Waals surface area contributed by atoms with E-state index in [1.807, 2.05) is 0 Å². The van der Waals surface area contributed by atoms with Gasteiger partial charge in [0, 0.05) is 19.2 Å². The quantitative estimate of drug-likeness (QED) is 0.713. The molecule has 0 saturated heterocycles. The van der Waals surface area contributed by atoms with Crippen LogP contribution in [0.4, 0.5) is 0 Å². The van der Waals surface area contributed by atoms with Crippen molar-refractivity contribution < 1.29 is 17.7 Å². The lowest BCUT2D eigenvalue weighted by Crippen LogP contribution is -2.44. The molecule has 1 aromatic carbocycles. The Morgan fingerprint density at radius 3 is 2.88 bits per heavy atom. The molecular weight excluding hydrogens is 332 g/mol. The van der Waals surface area contributed by atoms with E-state index in [9.17, 15) is 8.42 Å². The smallest absolute Gasteiger partial charge is 0.258 e. The zero-order valence-electron chi connectivity index (χ0n) is 13.4. The summed E-state index contributed by atoms with van der Waals surface area (Å²) in [5, 5.41) is 3.95. The van der Waals surface area contributed by atoms with Gasteiger partial charge in [-0.2, -0.15) is 4.98 Å². The summed E-state index contributed by atoms with van der Waals surface area (Å²) in [6.45, 7) is 0.494. The number of benzene rings is 1. The van der Waals surface area contributed by atoms with Crippen LogP contribution in [0.15, 0.2) is 33.7 Å². The Morgan fingerprint density at radius 1 is 1.42 bits per heavy atom. The third-order valence-corrected chi connectivity index (χ3v) is 5.57. The SMILES string of the molecule is COCCNS(=O)(=O)c1cccc(-c2nc(C3(N)CCC3)no2)c1. The Balaban J connectivity index is 1.83. The molecule has 0 spiro atoms. The molecule has 1 aromatic heterocycles. The first-order chi connectivity index (χ1) is 11.4. The van der Waals surface area contributed by atoms with Crippen LogP contribution in [-0.2, 0) is 20.3 Å². The molecule has 0 amide bonds. The van der Waals surface area contributed by atoms with E-state index in [-0.39, 0.29) is 17.3 Å². The zero-order chi connectivity index (χ0) is 17.2. The van der Waals surface area contributed by atoms with Crippen LogP contribution in [0, 0.1) is 0 Å². The third kappa shape index (κ3) is 3.34. The van der Waals surface area contributed by atoms with Crippen molar-refractivity contribution in [3.63, 3.8) is 0 Å². The fraction of sp³-hybridized carbons (Fsp3) is 0.467. The predicted octanol–water partition coefficient (Wildman–Crippen LogP) is 0.999. The van der Waals surface area contributed by atoms with E-state index in [4.69, 9.17) is 15.0 Å². The molecule has 0 unspecified atom stereocenters. The molecule has 2 aromatic rings. The standard InChI is InChI=1S/C15H20N4O4S/c1-22-9-8-17-24(20,21)12-5-2-4-11(10-12)13-18-14(19-23-13)15(16)6-3-7-15/h2,4-5,10,17H,3,6-9,16H2,1H3. The zero-order valence-corrected chi connectivity index (χ0v) is 14.2. The molecule has 8 nitrogen and oxygen atoms in total. The summed E-state index contributed by atoms with van der Waals surface area (Å²) in [6.07, 6.45) is 2.69. The maximum Gasteiger partial charge on any atom is 0.258 e. The third-order valence-electron chi connectivity index (χ3n) is 4.11. The van der Waals surface area contributed by atoms with E-state index in [1.165, 1.54) is 19.2 Å². The van der Waals surface area contributed by atoms with Crippen LogP contribution in [0.1, 0.15) is 25.1 Å². The van der Waals surface area contributed by atoms with Gasteiger partial charge in [0.1, 0.15) is 0 Å². The molecule has 9 heteroatoms. The molecule has 0 bridgehead atoms. The molecule has 24 heavy (non-hydrogen) atoms. The van der Waals surface area contributed by atoms with Crippen molar-refractivity contribution in [2.45, 2.75) is 29.7 Å². The molecule has 3 rings (SSSR count). The number of aromatic nitrogens is 2. The molecule has 1 fully saturated rings. The highest BCUT2D eigenvalue weighted by molar-refractivity contribution is 7.89. The van der Waals surface area contributed by atoms with Crippen LogP contribution in [0.3, 0.4) is 0 Å². The van der Waals surface area contributed by atoms with Crippen molar-refractivity contribution >= 4 is 10.0 Å². The van der Waals surface area contributed by atoms with Gasteiger partial charge in [-0.05, 0) is 37.5 Å². The van der Waals surface area contributed by atoms with Gasteiger partial charge >= 0.3 is 0 Å². The maximum atomic E-state index is 12.3. The van der Waals surface area contributed by atoms with Crippen LogP contribution >= 0.6 is 0 Å². The summed E-state index contributed by atoms with van der Waals surface area (Å²) in [7, 11) is -2.11. The van der Waals surface area contributed by atoms with E-state index in [0.29, 0.717) is 18.0 Å². The van der Waals surface area contributed by atoms with Crippen molar-refractivity contribution in [3.8, 4) is 11.5 Å². The Bertz CT molecular complexity index is 814. The first-order valence-corrected chi connectivity index (χ1v) is 9.15. The van der Waals surface area contributed by atoms with E-state index >= 15 is 0 Å². The second-order valence-corrected chi connectivity index (χ2v) is 7.62. The molecule has 1 aliphatic rings. The van der Waals surface area contributed by atoms with Gasteiger partial charge in [0.2, 0.25) is 10.0 Å². The normalized spacial score (nSPS) is 16.8. The lowest BCUT2D eigenvalue weighted by Gasteiger charge is -2.34. The number of methoxy groups -OCH3 is 1. The molecule has 130 valence electrons. The van der Waals surface area contributed by atoms with E-state index in [2.05, 4.69) is 14.9 Å². The van der Waals surface area contributed by atoms with Gasteiger partial charge in [0.25, 0.3) is 5.89 Å². The summed E-state index contributed by atoms with van der Waals surface area (Å²) in [5.74, 6) is 0.728. The number of ether oxygens (including phenoxy) is 1. The van der Waals surface area contributed by atoms with Crippen LogP contribution in [0.2, 0.25) is 0 Å². The molecule has 1 heterocycles. The number of hydrogen-bond acceptors (Lipinski definition) is 7. The minimum absolute atomic E-state index is 0.127. The Morgan fingerprint density at radius 2 is 2.21 bits per heavy atom. The Labute approximate surface area is 140 Å². The molecule has 0 radical (unpaired) electrons. The second kappa shape index (κ2) is 6.60. The van der Waals surface area contributed by atoms with Gasteiger partial charge in [-0.3, -0.25) is 0 Å². The van der Waals surface area contributed by atoms with Crippen molar-refractivity contribution in [2.75, 3.05) is 20.3 Å². The number of hydrogen-bond donors (Lipinski definition) is 2. The van der Waals surface area contributed by atoms with Crippen molar-refractivity contribution in [1.82, 2.24) is 14.9 Å². The lowest BCUT2D eigenvalue weighted by molar-refractivity contribution is 0.204. The van der Waals surface area contributed by atoms with E-state index < -0.39 is 15.6 Å². The van der Waals surface area contributed by atoms with Gasteiger partial charge in [0.15, 0.2) is 5.82 Å². The highest BCUT2D eigenvalue weighted by atomic mass is 32.2. The summed E-state index contributed by atoms with van der Waals surface area (Å²) in [6, 6.07) is 6.35. The minimum Gasteiger partial charge on any atom is -0.383 e. The predicted molar refractivity (Wildman–Crippen MR) is 86.5 cm³/mol. The first-order valence-electron chi connectivity index (χ1n) is 7.67. The molecule has 0 aliphatic heterocycles. The molecule has 3 N–H and O–H groups in total. The lowest BCUT2D eigenvalue weighted by atomic mass is 9.77. The molecule has 1 saturated carbocycles. The van der Waals surface area contributed by atoms with E-state index in [0.717, 1.165) is 19.3 Å². The number of nitrogens with zero attached hydrogens (tertiary/aromatic N) is 2. The Hall–Kier alpha value is -1.81. The van der Waals surface area contributed by atoms with Crippen LogP contribution in [-0.4, -0.2) is 38.8 Å². The summed E-state index contributed by atoms with van der Waals surface area (Å²) >= 11 is 0. The molecular formula is C15H20N4O4S. The topological polar surface area (TPSA) is 120 Å². The van der Waals surface area contributed by atoms with Gasteiger partial charge in [-0.15, -0.1) is 0 Å². The molecule has 1 aliphatic carbocycles. The van der Waals surface area contributed by atoms with E-state index in [1.54, 1.807) is 12.1 Å². The monoisotopic (exact) mass is 352 g/mol. The number of sulfonamides is 1. The number of nitrogens with two attached hydrogens (primary N) is 1. The summed E-state index contributed by atoms with van der Waals surface area (Å²) < 4.78 is 37.1. The van der Waals surface area contributed by atoms with Gasteiger partial charge in [-0.25, -0.2) is 13.1 Å². The van der Waals surface area contributed by atoms with Gasteiger partial charge in [0.05, 0.1) is 17.0 Å². The number of rotatable bonds is 7. The maximum absolute atomic E-state index is 12.3. The van der Waals surface area contributed by atoms with Crippen molar-refractivity contribution in [2.24, 2.45) is 5.73 Å². The van der Waals surface area contributed by atoms with Crippen LogP contribution in [0.5, 0.6) is 0 Å². The Kier molecular flexibility index (Phi) is 4.68. The minimum atomic E-state index is -3.62. The summed E-state index contributed by atoms with van der Waals surface area (Å²) in [5.41, 5.74) is 6.19. The first kappa shape index (κ1) is 17.0. The number of nitrogens with one attached hydrogen (secondary N) is 1. The highest BCUT2D eigenvalue weighted by Crippen LogP contribution is 2.37. The van der Waals surface area contributed by atoms with Crippen molar-refractivity contribution in [1.29, 1.82) is 0 Å². The highest BCUT2D eigenvalue weighted by Gasteiger charge is 2.39. The van der Waals surface area contributed by atoms with Crippen molar-refractivity contribution in [3.05, 3.63) is 30.1 Å². The van der Waals surface area contributed by atoms with Gasteiger partial charge in [-0.1, -0.05) is 11.2 Å². The average Bonchev–Trinajstić information content (AvgIpc) is 3.03. The van der Waals surface area contributed by atoms with Crippen LogP contribution in [0.25, 0.3) is 11.5 Å².